The zero-order valence-electron chi connectivity index (χ0n) is 14.2. The number of anilines is 1. The van der Waals surface area contributed by atoms with Crippen LogP contribution in [0.3, 0.4) is 0 Å². The van der Waals surface area contributed by atoms with Gasteiger partial charge in [-0.05, 0) is 36.8 Å². The molecule has 0 aromatic heterocycles. The quantitative estimate of drug-likeness (QED) is 0.828. The van der Waals surface area contributed by atoms with E-state index >= 15 is 0 Å². The Morgan fingerprint density at radius 3 is 2.48 bits per heavy atom. The molecule has 0 aliphatic carbocycles. The van der Waals surface area contributed by atoms with E-state index in [2.05, 4.69) is 0 Å². The minimum atomic E-state index is -1.86. The summed E-state index contributed by atoms with van der Waals surface area (Å²) < 4.78 is 0. The van der Waals surface area contributed by atoms with Crippen molar-refractivity contribution in [1.82, 2.24) is 0 Å². The van der Waals surface area contributed by atoms with Crippen LogP contribution in [0, 0.1) is 5.92 Å². The second-order valence-electron chi connectivity index (χ2n) is 6.33. The number of carbonyl (C=O) groups excluding carboxylic acids is 2. The second-order valence-corrected chi connectivity index (χ2v) is 6.77. The summed E-state index contributed by atoms with van der Waals surface area (Å²) in [4.78, 5) is 27.5. The Hall–Kier alpha value is -2.17. The Morgan fingerprint density at radius 2 is 1.84 bits per heavy atom. The third-order valence-corrected chi connectivity index (χ3v) is 5.02. The van der Waals surface area contributed by atoms with Crippen molar-refractivity contribution < 1.29 is 14.7 Å². The molecular formula is C20H20ClNO3. The lowest BCUT2D eigenvalue weighted by Gasteiger charge is -2.28. The molecule has 4 nitrogen and oxygen atoms in total. The Morgan fingerprint density at radius 1 is 1.20 bits per heavy atom. The predicted molar refractivity (Wildman–Crippen MR) is 97.9 cm³/mol. The molecule has 0 fully saturated rings. The first-order valence-corrected chi connectivity index (χ1v) is 8.72. The van der Waals surface area contributed by atoms with Crippen molar-refractivity contribution in [2.45, 2.75) is 25.9 Å². The normalized spacial score (nSPS) is 20.5. The molecule has 0 spiro atoms. The number of para-hydroxylation sites is 1. The monoisotopic (exact) mass is 357 g/mol. The lowest BCUT2D eigenvalue weighted by molar-refractivity contribution is -0.139. The number of hydrogen-bond acceptors (Lipinski definition) is 3. The molecule has 1 heterocycles. The first kappa shape index (κ1) is 17.6. The van der Waals surface area contributed by atoms with Gasteiger partial charge >= 0.3 is 0 Å². The van der Waals surface area contributed by atoms with Crippen LogP contribution >= 0.6 is 11.6 Å². The maximum Gasteiger partial charge on any atom is 0.264 e. The van der Waals surface area contributed by atoms with E-state index in [0.717, 1.165) is 6.42 Å². The number of hydrogen-bond donors (Lipinski definition) is 1. The first-order chi connectivity index (χ1) is 11.9. The number of nitrogens with zero attached hydrogens (tertiary/aromatic N) is 1. The number of carbonyl (C=O) groups is 2. The van der Waals surface area contributed by atoms with Crippen LogP contribution in [0.5, 0.6) is 0 Å². The lowest BCUT2D eigenvalue weighted by Crippen LogP contribution is -2.47. The SMILES string of the molecule is CCCN1C(=O)C(O)(C(C)C(=O)c2ccc(Cl)cc2)c2ccccc21. The number of Topliss-reactive ketones (excluding diaryl/α,β-unsaturated/α-hetero) is 1. The third kappa shape index (κ3) is 2.75. The van der Waals surface area contributed by atoms with Gasteiger partial charge in [0.05, 0.1) is 11.6 Å². The summed E-state index contributed by atoms with van der Waals surface area (Å²) >= 11 is 5.87. The summed E-state index contributed by atoms with van der Waals surface area (Å²) in [5.41, 5.74) is -0.275. The van der Waals surface area contributed by atoms with Gasteiger partial charge in [0.25, 0.3) is 5.91 Å². The minimum absolute atomic E-state index is 0.291. The molecule has 0 saturated carbocycles. The number of amides is 1. The summed E-state index contributed by atoms with van der Waals surface area (Å²) in [7, 11) is 0. The number of fused-ring (bicyclic) bond motifs is 1. The number of halogens is 1. The Labute approximate surface area is 152 Å². The van der Waals surface area contributed by atoms with Gasteiger partial charge in [-0.3, -0.25) is 9.59 Å². The average molecular weight is 358 g/mol. The second kappa shape index (κ2) is 6.62. The van der Waals surface area contributed by atoms with E-state index in [-0.39, 0.29) is 5.78 Å². The zero-order valence-corrected chi connectivity index (χ0v) is 15.0. The van der Waals surface area contributed by atoms with E-state index in [1.54, 1.807) is 54.3 Å². The van der Waals surface area contributed by atoms with Crippen molar-refractivity contribution in [2.75, 3.05) is 11.4 Å². The van der Waals surface area contributed by atoms with Crippen LogP contribution in [-0.4, -0.2) is 23.3 Å². The van der Waals surface area contributed by atoms with Crippen LogP contribution < -0.4 is 4.90 Å². The number of rotatable bonds is 5. The van der Waals surface area contributed by atoms with Crippen LogP contribution in [0.4, 0.5) is 5.69 Å². The van der Waals surface area contributed by atoms with Gasteiger partial charge in [-0.1, -0.05) is 43.6 Å². The van der Waals surface area contributed by atoms with Crippen LogP contribution in [0.15, 0.2) is 48.5 Å². The van der Waals surface area contributed by atoms with Crippen molar-refractivity contribution >= 4 is 29.0 Å². The molecule has 2 atom stereocenters. The molecule has 1 aliphatic heterocycles. The van der Waals surface area contributed by atoms with Crippen molar-refractivity contribution in [3.63, 3.8) is 0 Å². The topological polar surface area (TPSA) is 57.6 Å². The van der Waals surface area contributed by atoms with Gasteiger partial charge in [0.15, 0.2) is 11.4 Å². The van der Waals surface area contributed by atoms with Crippen LogP contribution in [-0.2, 0) is 10.4 Å². The predicted octanol–water partition coefficient (Wildman–Crippen LogP) is 3.80. The molecule has 5 heteroatoms. The highest BCUT2D eigenvalue weighted by Crippen LogP contribution is 2.45. The van der Waals surface area contributed by atoms with E-state index < -0.39 is 17.4 Å². The maximum absolute atomic E-state index is 13.0. The molecule has 0 saturated heterocycles. The Balaban J connectivity index is 2.03. The summed E-state index contributed by atoms with van der Waals surface area (Å²) in [6, 6.07) is 13.6. The van der Waals surface area contributed by atoms with Gasteiger partial charge in [0.1, 0.15) is 0 Å². The van der Waals surface area contributed by atoms with E-state index in [1.807, 2.05) is 13.0 Å². The van der Waals surface area contributed by atoms with Crippen molar-refractivity contribution in [3.05, 3.63) is 64.7 Å². The number of ketones is 1. The molecule has 130 valence electrons. The molecule has 3 rings (SSSR count). The van der Waals surface area contributed by atoms with E-state index in [4.69, 9.17) is 11.6 Å². The van der Waals surface area contributed by atoms with Crippen LogP contribution in [0.25, 0.3) is 0 Å². The molecule has 1 N–H and O–H groups in total. The highest BCUT2D eigenvalue weighted by atomic mass is 35.5. The van der Waals surface area contributed by atoms with E-state index in [9.17, 15) is 14.7 Å². The highest BCUT2D eigenvalue weighted by molar-refractivity contribution is 6.30. The van der Waals surface area contributed by atoms with Gasteiger partial charge in [-0.15, -0.1) is 0 Å². The highest BCUT2D eigenvalue weighted by Gasteiger charge is 2.54. The van der Waals surface area contributed by atoms with E-state index in [0.29, 0.717) is 28.4 Å². The molecule has 2 aromatic carbocycles. The molecule has 0 bridgehead atoms. The Kier molecular flexibility index (Phi) is 4.67. The Bertz CT molecular complexity index is 818. The molecule has 1 aliphatic rings. The number of aliphatic hydroxyl groups is 1. The summed E-state index contributed by atoms with van der Waals surface area (Å²) in [6.45, 7) is 4.07. The fraction of sp³-hybridized carbons (Fsp3) is 0.300. The van der Waals surface area contributed by atoms with Gasteiger partial charge in [0.2, 0.25) is 0 Å². The first-order valence-electron chi connectivity index (χ1n) is 8.34. The van der Waals surface area contributed by atoms with Gasteiger partial charge in [-0.25, -0.2) is 0 Å². The van der Waals surface area contributed by atoms with Gasteiger partial charge < -0.3 is 10.0 Å². The van der Waals surface area contributed by atoms with Crippen LogP contribution in [0.2, 0.25) is 5.02 Å². The summed E-state index contributed by atoms with van der Waals surface area (Å²) in [5.74, 6) is -1.64. The molecular weight excluding hydrogens is 338 g/mol. The van der Waals surface area contributed by atoms with Gasteiger partial charge in [-0.2, -0.15) is 0 Å². The average Bonchev–Trinajstić information content (AvgIpc) is 2.84. The lowest BCUT2D eigenvalue weighted by atomic mass is 9.79. The zero-order chi connectivity index (χ0) is 18.2. The van der Waals surface area contributed by atoms with Gasteiger partial charge in [0, 0.05) is 22.7 Å². The third-order valence-electron chi connectivity index (χ3n) is 4.77. The van der Waals surface area contributed by atoms with Crippen molar-refractivity contribution in [1.29, 1.82) is 0 Å². The standard InChI is InChI=1S/C20H20ClNO3/c1-3-12-22-17-7-5-4-6-16(17)20(25,19(22)24)13(2)18(23)14-8-10-15(21)11-9-14/h4-11,13,25H,3,12H2,1-2H3. The fourth-order valence-corrected chi connectivity index (χ4v) is 3.51. The molecule has 1 amide bonds. The minimum Gasteiger partial charge on any atom is -0.375 e. The molecule has 25 heavy (non-hydrogen) atoms. The van der Waals surface area contributed by atoms with Crippen LogP contribution in [0.1, 0.15) is 36.2 Å². The summed E-state index contributed by atoms with van der Waals surface area (Å²) in [6.07, 6.45) is 0.760. The van der Waals surface area contributed by atoms with Crippen molar-refractivity contribution in [2.24, 2.45) is 5.92 Å². The fourth-order valence-electron chi connectivity index (χ4n) is 3.38. The molecule has 0 radical (unpaired) electrons. The maximum atomic E-state index is 13.0. The van der Waals surface area contributed by atoms with E-state index in [1.165, 1.54) is 0 Å². The largest absolute Gasteiger partial charge is 0.375 e. The van der Waals surface area contributed by atoms with Crippen molar-refractivity contribution in [3.8, 4) is 0 Å². The smallest absolute Gasteiger partial charge is 0.264 e. The molecule has 2 unspecified atom stereocenters. The summed E-state index contributed by atoms with van der Waals surface area (Å²) in [5, 5.41) is 11.9. The number of benzene rings is 2. The molecule has 2 aromatic rings.